The number of rotatable bonds is 2. The number of aryl methyl sites for hydroxylation is 1. The lowest BCUT2D eigenvalue weighted by Gasteiger charge is -2.23. The van der Waals surface area contributed by atoms with E-state index in [0.29, 0.717) is 29.8 Å². The average Bonchev–Trinajstić information content (AvgIpc) is 2.64. The van der Waals surface area contributed by atoms with Crippen molar-refractivity contribution in [1.29, 1.82) is 0 Å². The zero-order valence-corrected chi connectivity index (χ0v) is 9.92. The Labute approximate surface area is 103 Å². The van der Waals surface area contributed by atoms with E-state index in [-0.39, 0.29) is 6.04 Å². The lowest BCUT2D eigenvalue weighted by Crippen LogP contribution is -2.32. The Morgan fingerprint density at radius 1 is 1.47 bits per heavy atom. The molecule has 2 aromatic rings. The molecule has 0 aromatic carbocycles. The summed E-state index contributed by atoms with van der Waals surface area (Å²) in [4.78, 5) is 5.78. The minimum atomic E-state index is 0.181. The second-order valence-electron chi connectivity index (χ2n) is 3.97. The van der Waals surface area contributed by atoms with Gasteiger partial charge in [0.1, 0.15) is 11.7 Å². The highest BCUT2D eigenvalue weighted by Gasteiger charge is 2.24. The van der Waals surface area contributed by atoms with Crippen molar-refractivity contribution in [3.05, 3.63) is 22.8 Å². The number of nitrogens with zero attached hydrogens (tertiary/aromatic N) is 5. The molecule has 3 heterocycles. The van der Waals surface area contributed by atoms with Gasteiger partial charge in [0.15, 0.2) is 0 Å². The first-order valence-electron chi connectivity index (χ1n) is 5.24. The summed E-state index contributed by atoms with van der Waals surface area (Å²) in [6.07, 6.45) is 1.73. The van der Waals surface area contributed by atoms with Crippen molar-refractivity contribution in [2.75, 3.05) is 13.2 Å². The largest absolute Gasteiger partial charge is 0.377 e. The van der Waals surface area contributed by atoms with E-state index in [9.17, 15) is 0 Å². The van der Waals surface area contributed by atoms with Gasteiger partial charge in [0, 0.05) is 6.20 Å². The van der Waals surface area contributed by atoms with Gasteiger partial charge in [-0.1, -0.05) is 11.6 Å². The van der Waals surface area contributed by atoms with Gasteiger partial charge in [-0.2, -0.15) is 4.80 Å². The molecular weight excluding hydrogens is 242 g/mol. The Bertz CT molecular complexity index is 551. The summed E-state index contributed by atoms with van der Waals surface area (Å²) < 4.78 is 5.07. The van der Waals surface area contributed by atoms with Crippen LogP contribution in [0.2, 0.25) is 5.02 Å². The van der Waals surface area contributed by atoms with Gasteiger partial charge in [0.25, 0.3) is 0 Å². The number of tetrazole rings is 1. The summed E-state index contributed by atoms with van der Waals surface area (Å²) in [7, 11) is 0. The summed E-state index contributed by atoms with van der Waals surface area (Å²) in [5.74, 6) is 0.446. The van der Waals surface area contributed by atoms with Gasteiger partial charge >= 0.3 is 0 Å². The third-order valence-corrected chi connectivity index (χ3v) is 2.85. The summed E-state index contributed by atoms with van der Waals surface area (Å²) in [5, 5.41) is 12.7. The van der Waals surface area contributed by atoms with Crippen LogP contribution >= 0.6 is 11.6 Å². The number of ether oxygens (including phenoxy) is 1. The SMILES string of the molecule is Cc1cnc(-c2nnn(C3COC3)n2)c(Cl)c1. The highest BCUT2D eigenvalue weighted by atomic mass is 35.5. The normalized spacial score (nSPS) is 15.9. The molecule has 0 radical (unpaired) electrons. The first-order valence-corrected chi connectivity index (χ1v) is 5.61. The fraction of sp³-hybridized carbons (Fsp3) is 0.400. The van der Waals surface area contributed by atoms with Crippen LogP contribution < -0.4 is 0 Å². The van der Waals surface area contributed by atoms with E-state index in [1.54, 1.807) is 11.0 Å². The maximum absolute atomic E-state index is 6.10. The molecule has 0 amide bonds. The van der Waals surface area contributed by atoms with Crippen molar-refractivity contribution in [3.8, 4) is 11.5 Å². The Hall–Kier alpha value is -1.53. The van der Waals surface area contributed by atoms with Crippen molar-refractivity contribution >= 4 is 11.6 Å². The molecule has 0 spiro atoms. The predicted molar refractivity (Wildman–Crippen MR) is 60.7 cm³/mol. The molecule has 1 aliphatic rings. The molecule has 0 unspecified atom stereocenters. The summed E-state index contributed by atoms with van der Waals surface area (Å²) in [5.41, 5.74) is 1.56. The van der Waals surface area contributed by atoms with E-state index in [2.05, 4.69) is 20.4 Å². The van der Waals surface area contributed by atoms with Crippen LogP contribution in [0, 0.1) is 6.92 Å². The molecule has 3 rings (SSSR count). The van der Waals surface area contributed by atoms with E-state index in [0.717, 1.165) is 5.56 Å². The van der Waals surface area contributed by atoms with Crippen LogP contribution in [-0.2, 0) is 4.74 Å². The second-order valence-corrected chi connectivity index (χ2v) is 4.38. The topological polar surface area (TPSA) is 65.7 Å². The van der Waals surface area contributed by atoms with E-state index in [1.807, 2.05) is 13.0 Å². The van der Waals surface area contributed by atoms with Gasteiger partial charge < -0.3 is 4.74 Å². The molecule has 0 saturated carbocycles. The third-order valence-electron chi connectivity index (χ3n) is 2.57. The zero-order valence-electron chi connectivity index (χ0n) is 9.17. The number of pyridine rings is 1. The van der Waals surface area contributed by atoms with Gasteiger partial charge in [-0.05, 0) is 23.8 Å². The maximum Gasteiger partial charge on any atom is 0.224 e. The van der Waals surface area contributed by atoms with Gasteiger partial charge in [-0.15, -0.1) is 10.2 Å². The van der Waals surface area contributed by atoms with E-state index in [4.69, 9.17) is 16.3 Å². The standard InChI is InChI=1S/C10H10ClN5O/c1-6-2-8(11)9(12-3-6)10-13-15-16(14-10)7-4-17-5-7/h2-3,7H,4-5H2,1H3. The summed E-state index contributed by atoms with van der Waals surface area (Å²) >= 11 is 6.10. The molecule has 6 nitrogen and oxygen atoms in total. The predicted octanol–water partition coefficient (Wildman–Crippen LogP) is 1.27. The molecular formula is C10H10ClN5O. The minimum absolute atomic E-state index is 0.181. The van der Waals surface area contributed by atoms with Crippen molar-refractivity contribution in [2.45, 2.75) is 13.0 Å². The van der Waals surface area contributed by atoms with Crippen LogP contribution in [0.4, 0.5) is 0 Å². The molecule has 88 valence electrons. The fourth-order valence-electron chi connectivity index (χ4n) is 1.53. The first kappa shape index (κ1) is 10.6. The molecule has 17 heavy (non-hydrogen) atoms. The quantitative estimate of drug-likeness (QED) is 0.804. The Kier molecular flexibility index (Phi) is 2.53. The van der Waals surface area contributed by atoms with Crippen LogP contribution in [0.3, 0.4) is 0 Å². The number of hydrogen-bond acceptors (Lipinski definition) is 5. The molecule has 0 atom stereocenters. The Balaban J connectivity index is 1.94. The molecule has 1 fully saturated rings. The number of aromatic nitrogens is 5. The van der Waals surface area contributed by atoms with Gasteiger partial charge in [-0.25, -0.2) is 0 Å². The molecule has 2 aromatic heterocycles. The molecule has 1 aliphatic heterocycles. The smallest absolute Gasteiger partial charge is 0.224 e. The lowest BCUT2D eigenvalue weighted by molar-refractivity contribution is -0.0354. The maximum atomic E-state index is 6.10. The van der Waals surface area contributed by atoms with Crippen LogP contribution in [0.15, 0.2) is 12.3 Å². The van der Waals surface area contributed by atoms with E-state index in [1.165, 1.54) is 0 Å². The van der Waals surface area contributed by atoms with Crippen molar-refractivity contribution in [3.63, 3.8) is 0 Å². The summed E-state index contributed by atoms with van der Waals surface area (Å²) in [6.45, 7) is 3.19. The van der Waals surface area contributed by atoms with Crippen LogP contribution in [-0.4, -0.2) is 38.4 Å². The van der Waals surface area contributed by atoms with Crippen LogP contribution in [0.1, 0.15) is 11.6 Å². The molecule has 0 aliphatic carbocycles. The van der Waals surface area contributed by atoms with Crippen molar-refractivity contribution in [1.82, 2.24) is 25.2 Å². The average molecular weight is 252 g/mol. The van der Waals surface area contributed by atoms with Gasteiger partial charge in [-0.3, -0.25) is 4.98 Å². The van der Waals surface area contributed by atoms with E-state index >= 15 is 0 Å². The molecule has 1 saturated heterocycles. The monoisotopic (exact) mass is 251 g/mol. The highest BCUT2D eigenvalue weighted by molar-refractivity contribution is 6.32. The molecule has 7 heteroatoms. The minimum Gasteiger partial charge on any atom is -0.377 e. The number of halogens is 1. The molecule has 0 bridgehead atoms. The Morgan fingerprint density at radius 3 is 2.94 bits per heavy atom. The first-order chi connectivity index (χ1) is 8.24. The highest BCUT2D eigenvalue weighted by Crippen LogP contribution is 2.23. The van der Waals surface area contributed by atoms with Crippen molar-refractivity contribution < 1.29 is 4.74 Å². The van der Waals surface area contributed by atoms with Gasteiger partial charge in [0.05, 0.1) is 18.2 Å². The van der Waals surface area contributed by atoms with E-state index < -0.39 is 0 Å². The zero-order chi connectivity index (χ0) is 11.8. The number of hydrogen-bond donors (Lipinski definition) is 0. The summed E-state index contributed by atoms with van der Waals surface area (Å²) in [6, 6.07) is 2.01. The lowest BCUT2D eigenvalue weighted by atomic mass is 10.2. The van der Waals surface area contributed by atoms with Crippen LogP contribution in [0.5, 0.6) is 0 Å². The third kappa shape index (κ3) is 1.89. The second kappa shape index (κ2) is 4.05. The fourth-order valence-corrected chi connectivity index (χ4v) is 1.83. The van der Waals surface area contributed by atoms with Crippen LogP contribution in [0.25, 0.3) is 11.5 Å². The Morgan fingerprint density at radius 2 is 2.29 bits per heavy atom. The van der Waals surface area contributed by atoms with Crippen molar-refractivity contribution in [2.24, 2.45) is 0 Å². The van der Waals surface area contributed by atoms with Gasteiger partial charge in [0.2, 0.25) is 5.82 Å². The molecule has 0 N–H and O–H groups in total.